The molecule has 2 aromatic rings. The lowest BCUT2D eigenvalue weighted by molar-refractivity contribution is -0.141. The molecule has 1 N–H and O–H groups in total. The summed E-state index contributed by atoms with van der Waals surface area (Å²) in [6.45, 7) is 0.660. The fourth-order valence-corrected chi connectivity index (χ4v) is 5.01. The summed E-state index contributed by atoms with van der Waals surface area (Å²) in [5, 5.41) is 9.23. The van der Waals surface area contributed by atoms with Crippen LogP contribution in [0.4, 0.5) is 26.3 Å². The number of alkyl halides is 6. The number of halogens is 6. The topological polar surface area (TPSA) is 66.8 Å². The Bertz CT molecular complexity index is 1170. The van der Waals surface area contributed by atoms with Gasteiger partial charge in [-0.1, -0.05) is 12.1 Å². The predicted octanol–water partition coefficient (Wildman–Crippen LogP) is 6.16. The molecule has 1 saturated carbocycles. The van der Waals surface area contributed by atoms with Crippen molar-refractivity contribution in [2.75, 3.05) is 19.6 Å². The number of carboxylic acids is 1. The van der Waals surface area contributed by atoms with E-state index < -0.39 is 46.9 Å². The number of nitrogens with zero attached hydrogens (tertiary/aromatic N) is 1. The van der Waals surface area contributed by atoms with Gasteiger partial charge in [-0.3, -0.25) is 9.59 Å². The number of ether oxygens (including phenoxy) is 1. The molecule has 1 heterocycles. The Morgan fingerprint density at radius 3 is 2.37 bits per heavy atom. The molecule has 38 heavy (non-hydrogen) atoms. The standard InChI is InChI=1S/C27H27F6NO4/c28-26(29,30)20-6-7-23(27(31,32)33)18(12-20)8-10-34-11-9-19(15-34)25(37)38-21-3-1-2-17(13-21)22(14-24(35)36)16-4-5-16/h1-3,6-7,12-13,16,19,22H,4-5,8-11,14-15H2,(H,35,36)/t19?,22-/m0/s1. The number of hydrogen-bond donors (Lipinski definition) is 1. The van der Waals surface area contributed by atoms with Crippen LogP contribution in [0, 0.1) is 11.8 Å². The van der Waals surface area contributed by atoms with Crippen LogP contribution in [0.25, 0.3) is 0 Å². The maximum atomic E-state index is 13.4. The molecule has 0 bridgehead atoms. The van der Waals surface area contributed by atoms with Gasteiger partial charge in [-0.05, 0) is 85.5 Å². The molecule has 2 aliphatic rings. The molecule has 1 unspecified atom stereocenters. The summed E-state index contributed by atoms with van der Waals surface area (Å²) >= 11 is 0. The van der Waals surface area contributed by atoms with Crippen molar-refractivity contribution in [1.29, 1.82) is 0 Å². The van der Waals surface area contributed by atoms with Gasteiger partial charge in [0.2, 0.25) is 0 Å². The predicted molar refractivity (Wildman–Crippen MR) is 124 cm³/mol. The highest BCUT2D eigenvalue weighted by Crippen LogP contribution is 2.45. The normalized spacial score (nSPS) is 19.4. The van der Waals surface area contributed by atoms with E-state index in [-0.39, 0.29) is 37.8 Å². The fourth-order valence-electron chi connectivity index (χ4n) is 5.01. The van der Waals surface area contributed by atoms with Crippen molar-refractivity contribution in [3.63, 3.8) is 0 Å². The maximum absolute atomic E-state index is 13.4. The SMILES string of the molecule is O=C(O)C[C@H](c1cccc(OC(=O)C2CCN(CCc3cc(C(F)(F)F)ccc3C(F)(F)F)C2)c1)C1CC1. The van der Waals surface area contributed by atoms with Gasteiger partial charge in [-0.2, -0.15) is 26.3 Å². The molecule has 11 heteroatoms. The van der Waals surface area contributed by atoms with Crippen LogP contribution in [0.1, 0.15) is 53.9 Å². The van der Waals surface area contributed by atoms with Crippen molar-refractivity contribution in [3.05, 3.63) is 64.7 Å². The molecular formula is C27H27F6NO4. The summed E-state index contributed by atoms with van der Waals surface area (Å²) in [4.78, 5) is 25.8. The maximum Gasteiger partial charge on any atom is 0.416 e. The summed E-state index contributed by atoms with van der Waals surface area (Å²) in [7, 11) is 0. The molecular weight excluding hydrogens is 516 g/mol. The highest BCUT2D eigenvalue weighted by molar-refractivity contribution is 5.76. The largest absolute Gasteiger partial charge is 0.481 e. The molecule has 4 rings (SSSR count). The molecule has 1 saturated heterocycles. The van der Waals surface area contributed by atoms with Crippen LogP contribution in [-0.4, -0.2) is 41.6 Å². The lowest BCUT2D eigenvalue weighted by atomic mass is 9.91. The summed E-state index contributed by atoms with van der Waals surface area (Å²) in [5.41, 5.74) is -1.90. The van der Waals surface area contributed by atoms with Crippen molar-refractivity contribution >= 4 is 11.9 Å². The molecule has 2 aromatic carbocycles. The number of esters is 1. The first-order valence-corrected chi connectivity index (χ1v) is 12.3. The monoisotopic (exact) mass is 543 g/mol. The van der Waals surface area contributed by atoms with Crippen LogP contribution in [0.3, 0.4) is 0 Å². The Kier molecular flexibility index (Phi) is 8.06. The molecule has 2 atom stereocenters. The molecule has 2 fully saturated rings. The third-order valence-electron chi connectivity index (χ3n) is 7.13. The van der Waals surface area contributed by atoms with Crippen molar-refractivity contribution in [1.82, 2.24) is 4.90 Å². The Balaban J connectivity index is 1.36. The molecule has 5 nitrogen and oxygen atoms in total. The van der Waals surface area contributed by atoms with Gasteiger partial charge in [0.05, 0.1) is 23.5 Å². The van der Waals surface area contributed by atoms with Crippen molar-refractivity contribution in [2.24, 2.45) is 11.8 Å². The Labute approximate surface area is 215 Å². The smallest absolute Gasteiger partial charge is 0.416 e. The first-order valence-electron chi connectivity index (χ1n) is 12.3. The van der Waals surface area contributed by atoms with Crippen LogP contribution >= 0.6 is 0 Å². The van der Waals surface area contributed by atoms with E-state index in [2.05, 4.69) is 0 Å². The van der Waals surface area contributed by atoms with E-state index in [0.29, 0.717) is 36.9 Å². The highest BCUT2D eigenvalue weighted by Gasteiger charge is 2.38. The first kappa shape index (κ1) is 27.9. The van der Waals surface area contributed by atoms with Crippen LogP contribution in [0.2, 0.25) is 0 Å². The van der Waals surface area contributed by atoms with Crippen molar-refractivity contribution < 1.29 is 45.8 Å². The second-order valence-corrected chi connectivity index (χ2v) is 9.94. The number of benzene rings is 2. The van der Waals surface area contributed by atoms with E-state index >= 15 is 0 Å². The number of aliphatic carboxylic acids is 1. The van der Waals surface area contributed by atoms with E-state index in [1.54, 1.807) is 23.1 Å². The first-order chi connectivity index (χ1) is 17.8. The molecule has 206 valence electrons. The van der Waals surface area contributed by atoms with Gasteiger partial charge >= 0.3 is 24.3 Å². The minimum absolute atomic E-state index is 0.0123. The zero-order chi connectivity index (χ0) is 27.7. The van der Waals surface area contributed by atoms with E-state index in [4.69, 9.17) is 4.74 Å². The average molecular weight is 544 g/mol. The second kappa shape index (κ2) is 11.0. The molecule has 0 radical (unpaired) electrons. The van der Waals surface area contributed by atoms with E-state index in [0.717, 1.165) is 18.4 Å². The summed E-state index contributed by atoms with van der Waals surface area (Å²) in [6.07, 6.45) is -7.51. The third kappa shape index (κ3) is 7.06. The zero-order valence-electron chi connectivity index (χ0n) is 20.3. The summed E-state index contributed by atoms with van der Waals surface area (Å²) < 4.78 is 84.8. The Morgan fingerprint density at radius 1 is 1.00 bits per heavy atom. The van der Waals surface area contributed by atoms with Crippen LogP contribution in [0.15, 0.2) is 42.5 Å². The molecule has 1 aliphatic carbocycles. The van der Waals surface area contributed by atoms with Gasteiger partial charge in [-0.15, -0.1) is 0 Å². The molecule has 0 aromatic heterocycles. The second-order valence-electron chi connectivity index (χ2n) is 9.94. The number of carbonyl (C=O) groups excluding carboxylic acids is 1. The van der Waals surface area contributed by atoms with Gasteiger partial charge in [0.15, 0.2) is 0 Å². The average Bonchev–Trinajstić information content (AvgIpc) is 3.56. The Morgan fingerprint density at radius 2 is 1.74 bits per heavy atom. The van der Waals surface area contributed by atoms with E-state index in [9.17, 15) is 41.0 Å². The number of rotatable bonds is 9. The summed E-state index contributed by atoms with van der Waals surface area (Å²) in [5.74, 6) is -1.54. The Hall–Kier alpha value is -3.08. The van der Waals surface area contributed by atoms with Gasteiger partial charge in [0.1, 0.15) is 5.75 Å². The van der Waals surface area contributed by atoms with Crippen molar-refractivity contribution in [2.45, 2.75) is 50.4 Å². The molecule has 1 aliphatic heterocycles. The highest BCUT2D eigenvalue weighted by atomic mass is 19.4. The van der Waals surface area contributed by atoms with Crippen molar-refractivity contribution in [3.8, 4) is 5.75 Å². The summed E-state index contributed by atoms with van der Waals surface area (Å²) in [6, 6.07) is 8.20. The molecule has 0 spiro atoms. The van der Waals surface area contributed by atoms with Gasteiger partial charge < -0.3 is 14.7 Å². The van der Waals surface area contributed by atoms with Crippen LogP contribution in [-0.2, 0) is 28.4 Å². The number of hydrogen-bond acceptors (Lipinski definition) is 4. The number of likely N-dealkylation sites (tertiary alicyclic amines) is 1. The van der Waals surface area contributed by atoms with E-state index in [1.807, 2.05) is 6.07 Å². The quantitative estimate of drug-likeness (QED) is 0.233. The van der Waals surface area contributed by atoms with Gasteiger partial charge in [-0.25, -0.2) is 0 Å². The lowest BCUT2D eigenvalue weighted by Crippen LogP contribution is -2.28. The van der Waals surface area contributed by atoms with Crippen LogP contribution < -0.4 is 4.74 Å². The minimum Gasteiger partial charge on any atom is -0.481 e. The lowest BCUT2D eigenvalue weighted by Gasteiger charge is -2.19. The number of carbonyl (C=O) groups is 2. The third-order valence-corrected chi connectivity index (χ3v) is 7.13. The van der Waals surface area contributed by atoms with Gasteiger partial charge in [0.25, 0.3) is 0 Å². The van der Waals surface area contributed by atoms with Crippen LogP contribution in [0.5, 0.6) is 5.75 Å². The van der Waals surface area contributed by atoms with Gasteiger partial charge in [0, 0.05) is 13.1 Å². The zero-order valence-corrected chi connectivity index (χ0v) is 20.3. The molecule has 0 amide bonds. The number of carboxylic acid groups (broad SMARTS) is 1. The minimum atomic E-state index is -4.78. The van der Waals surface area contributed by atoms with E-state index in [1.165, 1.54) is 0 Å². The fraction of sp³-hybridized carbons (Fsp3) is 0.481.